The van der Waals surface area contributed by atoms with Crippen LogP contribution in [0.3, 0.4) is 0 Å². The van der Waals surface area contributed by atoms with Crippen LogP contribution in [0.25, 0.3) is 0 Å². The number of hydrogen-bond donors (Lipinski definition) is 2. The molecule has 2 aliphatic rings. The van der Waals surface area contributed by atoms with Crippen LogP contribution in [0.1, 0.15) is 72.6 Å². The first-order chi connectivity index (χ1) is 17.0. The predicted molar refractivity (Wildman–Crippen MR) is 137 cm³/mol. The third-order valence-corrected chi connectivity index (χ3v) is 6.41. The molecule has 0 aromatic heterocycles. The van der Waals surface area contributed by atoms with E-state index in [0.29, 0.717) is 19.4 Å². The summed E-state index contributed by atoms with van der Waals surface area (Å²) in [6, 6.07) is -1.65. The molecule has 202 valence electrons. The summed E-state index contributed by atoms with van der Waals surface area (Å²) in [6.45, 7) is 14.9. The molecule has 0 spiro atoms. The lowest BCUT2D eigenvalue weighted by Gasteiger charge is -2.25. The van der Waals surface area contributed by atoms with Crippen LogP contribution in [0, 0.1) is 11.8 Å². The number of carbonyl (C=O) groups excluding carboxylic acids is 4. The van der Waals surface area contributed by atoms with Crippen LogP contribution in [-0.2, 0) is 19.1 Å². The van der Waals surface area contributed by atoms with Gasteiger partial charge in [0.25, 0.3) is 0 Å². The van der Waals surface area contributed by atoms with E-state index in [-0.39, 0.29) is 36.7 Å². The Bertz CT molecular complexity index is 821. The molecule has 3 amide bonds. The van der Waals surface area contributed by atoms with Gasteiger partial charge in [0.1, 0.15) is 5.60 Å². The predicted octanol–water partition coefficient (Wildman–Crippen LogP) is 4.12. The summed E-state index contributed by atoms with van der Waals surface area (Å²) in [5.74, 6) is -0.934. The summed E-state index contributed by atoms with van der Waals surface area (Å²) in [5.41, 5.74) is -0.684. The molecule has 2 unspecified atom stereocenters. The molecule has 1 heterocycles. The van der Waals surface area contributed by atoms with Crippen molar-refractivity contribution in [2.24, 2.45) is 11.8 Å². The lowest BCUT2D eigenvalue weighted by atomic mass is 9.92. The number of ketones is 1. The fraction of sp³-hybridized carbons (Fsp3) is 0.704. The molecule has 1 saturated heterocycles. The molecule has 0 bridgehead atoms. The van der Waals surface area contributed by atoms with Crippen LogP contribution in [-0.4, -0.2) is 65.7 Å². The van der Waals surface area contributed by atoms with E-state index in [1.807, 2.05) is 6.08 Å². The molecule has 2 rings (SSSR count). The first-order valence-electron chi connectivity index (χ1n) is 13.0. The number of nitrogens with one attached hydrogen (secondary N) is 2. The zero-order chi connectivity index (χ0) is 26.9. The van der Waals surface area contributed by atoms with Gasteiger partial charge < -0.3 is 20.1 Å². The number of ether oxygens (including phenoxy) is 2. The number of allylic oxidation sites excluding steroid dienone is 1. The van der Waals surface area contributed by atoms with E-state index in [0.717, 1.165) is 25.7 Å². The lowest BCUT2D eigenvalue weighted by Crippen LogP contribution is -2.48. The topological polar surface area (TPSA) is 114 Å². The van der Waals surface area contributed by atoms with E-state index in [4.69, 9.17) is 9.47 Å². The third kappa shape index (κ3) is 8.76. The minimum absolute atomic E-state index is 0.0562. The van der Waals surface area contributed by atoms with Crippen molar-refractivity contribution in [3.63, 3.8) is 0 Å². The van der Waals surface area contributed by atoms with Crippen molar-refractivity contribution in [1.82, 2.24) is 15.5 Å². The zero-order valence-corrected chi connectivity index (χ0v) is 22.2. The second-order valence-electron chi connectivity index (χ2n) is 10.5. The zero-order valence-electron chi connectivity index (χ0n) is 22.2. The van der Waals surface area contributed by atoms with Gasteiger partial charge in [-0.2, -0.15) is 0 Å². The summed E-state index contributed by atoms with van der Waals surface area (Å²) >= 11 is 0. The Balaban J connectivity index is 2.05. The van der Waals surface area contributed by atoms with Gasteiger partial charge in [0.15, 0.2) is 5.78 Å². The molecular formula is C27H43N3O6. The van der Waals surface area contributed by atoms with Crippen molar-refractivity contribution in [1.29, 1.82) is 0 Å². The van der Waals surface area contributed by atoms with Crippen molar-refractivity contribution in [3.05, 3.63) is 25.3 Å². The maximum absolute atomic E-state index is 13.4. The molecule has 36 heavy (non-hydrogen) atoms. The Hall–Kier alpha value is -2.68. The molecule has 0 aromatic carbocycles. The standard InChI is InChI=1S/C27H43N3O6/c1-7-10-11-12-13-14-20(29-25(33)36-27(4,5)6)23(31)19-15-21(28-17-19)24(32)30(26(34)35-9-3)22-16-18(22)8-2/h7-8,18-22,28H,1-2,9-17H2,3-6H3,(H,29,33)/t18?,19?,20-,21-,22+/m0/s1. The van der Waals surface area contributed by atoms with Crippen LogP contribution in [0.15, 0.2) is 25.3 Å². The van der Waals surface area contributed by atoms with E-state index >= 15 is 0 Å². The Labute approximate surface area is 215 Å². The average molecular weight is 506 g/mol. The molecule has 1 aliphatic carbocycles. The van der Waals surface area contributed by atoms with Gasteiger partial charge in [-0.25, -0.2) is 14.5 Å². The first kappa shape index (κ1) is 29.5. The number of alkyl carbamates (subject to hydrolysis) is 1. The number of amides is 3. The van der Waals surface area contributed by atoms with Crippen LogP contribution in [0.2, 0.25) is 0 Å². The van der Waals surface area contributed by atoms with Crippen LogP contribution >= 0.6 is 0 Å². The van der Waals surface area contributed by atoms with Gasteiger partial charge in [0.2, 0.25) is 5.91 Å². The van der Waals surface area contributed by atoms with Gasteiger partial charge in [0, 0.05) is 12.5 Å². The minimum Gasteiger partial charge on any atom is -0.449 e. The average Bonchev–Trinajstić information content (AvgIpc) is 3.39. The monoisotopic (exact) mass is 505 g/mol. The normalized spacial score (nSPS) is 23.8. The Morgan fingerprint density at radius 1 is 1.14 bits per heavy atom. The van der Waals surface area contributed by atoms with Crippen molar-refractivity contribution in [2.45, 2.75) is 96.4 Å². The van der Waals surface area contributed by atoms with Gasteiger partial charge in [-0.3, -0.25) is 9.59 Å². The highest BCUT2D eigenvalue weighted by molar-refractivity contribution is 5.97. The molecule has 9 nitrogen and oxygen atoms in total. The van der Waals surface area contributed by atoms with Gasteiger partial charge in [-0.1, -0.05) is 25.0 Å². The summed E-state index contributed by atoms with van der Waals surface area (Å²) in [6.07, 6.45) is 7.25. The van der Waals surface area contributed by atoms with E-state index in [9.17, 15) is 19.2 Å². The summed E-state index contributed by atoms with van der Waals surface area (Å²) < 4.78 is 10.5. The van der Waals surface area contributed by atoms with E-state index in [1.165, 1.54) is 4.90 Å². The first-order valence-corrected chi connectivity index (χ1v) is 13.0. The van der Waals surface area contributed by atoms with Crippen LogP contribution in [0.4, 0.5) is 9.59 Å². The lowest BCUT2D eigenvalue weighted by molar-refractivity contribution is -0.132. The Morgan fingerprint density at radius 3 is 2.44 bits per heavy atom. The van der Waals surface area contributed by atoms with E-state index in [1.54, 1.807) is 33.8 Å². The molecule has 1 aliphatic heterocycles. The number of rotatable bonds is 13. The number of nitrogens with zero attached hydrogens (tertiary/aromatic N) is 1. The molecule has 0 radical (unpaired) electrons. The highest BCUT2D eigenvalue weighted by Crippen LogP contribution is 2.38. The highest BCUT2D eigenvalue weighted by Gasteiger charge is 2.49. The van der Waals surface area contributed by atoms with Crippen molar-refractivity contribution in [3.8, 4) is 0 Å². The number of imide groups is 1. The number of unbranched alkanes of at least 4 members (excludes halogenated alkanes) is 3. The van der Waals surface area contributed by atoms with Gasteiger partial charge in [-0.15, -0.1) is 13.2 Å². The maximum Gasteiger partial charge on any atom is 0.416 e. The quantitative estimate of drug-likeness (QED) is 0.286. The summed E-state index contributed by atoms with van der Waals surface area (Å²) in [7, 11) is 0. The summed E-state index contributed by atoms with van der Waals surface area (Å²) in [4.78, 5) is 52.8. The van der Waals surface area contributed by atoms with Crippen molar-refractivity contribution in [2.75, 3.05) is 13.2 Å². The fourth-order valence-corrected chi connectivity index (χ4v) is 4.47. The second kappa shape index (κ2) is 13.6. The van der Waals surface area contributed by atoms with E-state index in [2.05, 4.69) is 23.8 Å². The van der Waals surface area contributed by atoms with E-state index < -0.39 is 35.8 Å². The molecule has 5 atom stereocenters. The van der Waals surface area contributed by atoms with Gasteiger partial charge >= 0.3 is 12.2 Å². The third-order valence-electron chi connectivity index (χ3n) is 6.41. The number of carbonyl (C=O) groups is 4. The second-order valence-corrected chi connectivity index (χ2v) is 10.5. The number of Topliss-reactive ketones (excluding diaryl/α,β-unsaturated/α-hetero) is 1. The number of hydrogen-bond acceptors (Lipinski definition) is 7. The smallest absolute Gasteiger partial charge is 0.416 e. The van der Waals surface area contributed by atoms with Crippen molar-refractivity contribution < 1.29 is 28.7 Å². The van der Waals surface area contributed by atoms with Gasteiger partial charge in [0.05, 0.1) is 24.7 Å². The Kier molecular flexibility index (Phi) is 11.1. The van der Waals surface area contributed by atoms with Gasteiger partial charge in [-0.05, 0) is 65.7 Å². The maximum atomic E-state index is 13.4. The van der Waals surface area contributed by atoms with Crippen LogP contribution < -0.4 is 10.6 Å². The molecule has 0 aromatic rings. The van der Waals surface area contributed by atoms with Crippen molar-refractivity contribution >= 4 is 23.9 Å². The molecular weight excluding hydrogens is 462 g/mol. The minimum atomic E-state index is -0.709. The Morgan fingerprint density at radius 2 is 1.86 bits per heavy atom. The highest BCUT2D eigenvalue weighted by atomic mass is 16.6. The van der Waals surface area contributed by atoms with Crippen LogP contribution in [0.5, 0.6) is 0 Å². The molecule has 2 N–H and O–H groups in total. The largest absolute Gasteiger partial charge is 0.449 e. The molecule has 2 fully saturated rings. The molecule has 9 heteroatoms. The fourth-order valence-electron chi connectivity index (χ4n) is 4.47. The SMILES string of the molecule is C=CCCCCC[C@H](NC(=O)OC(C)(C)C)C(=O)C1CN[C@H](C(=O)N(C(=O)OCC)[C@@H]2CC2C=C)C1. The summed E-state index contributed by atoms with van der Waals surface area (Å²) in [5, 5.41) is 5.86. The molecule has 1 saturated carbocycles.